The van der Waals surface area contributed by atoms with E-state index in [1.54, 1.807) is 0 Å². The molecule has 1 amide bonds. The first-order chi connectivity index (χ1) is 19.9. The van der Waals surface area contributed by atoms with Crippen LogP contribution in [0.3, 0.4) is 0 Å². The van der Waals surface area contributed by atoms with Crippen LogP contribution in [0.4, 0.5) is 11.5 Å². The number of para-hydroxylation sites is 1. The number of carbonyl (C=O) groups excluding carboxylic acids is 1. The Morgan fingerprint density at radius 3 is 2.59 bits per heavy atom. The second-order valence-electron chi connectivity index (χ2n) is 11.2. The zero-order valence-electron chi connectivity index (χ0n) is 24.0. The highest BCUT2D eigenvalue weighted by Gasteiger charge is 2.31. The maximum Gasteiger partial charge on any atom is 0.254 e. The highest BCUT2D eigenvalue weighted by Crippen LogP contribution is 2.27. The lowest BCUT2D eigenvalue weighted by Gasteiger charge is -2.40. The van der Waals surface area contributed by atoms with E-state index in [0.717, 1.165) is 78.4 Å². The third-order valence-corrected chi connectivity index (χ3v) is 8.58. The van der Waals surface area contributed by atoms with E-state index in [4.69, 9.17) is 0 Å². The van der Waals surface area contributed by atoms with Gasteiger partial charge in [0.25, 0.3) is 5.91 Å². The number of aromatic nitrogens is 3. The normalized spacial score (nSPS) is 18.1. The van der Waals surface area contributed by atoms with Gasteiger partial charge in [-0.1, -0.05) is 18.2 Å². The van der Waals surface area contributed by atoms with Crippen LogP contribution in [-0.4, -0.2) is 82.7 Å². The van der Waals surface area contributed by atoms with E-state index in [1.807, 2.05) is 54.5 Å². The molecular weight excluding hydrogens is 512 g/mol. The number of hydrogen-bond donors (Lipinski definition) is 1. The lowest BCUT2D eigenvalue weighted by Crippen LogP contribution is -2.54. The molecule has 9 heteroatoms. The van der Waals surface area contributed by atoms with Crippen molar-refractivity contribution < 1.29 is 4.79 Å². The van der Waals surface area contributed by atoms with E-state index in [0.29, 0.717) is 13.1 Å². The Bertz CT molecular complexity index is 1610. The summed E-state index contributed by atoms with van der Waals surface area (Å²) in [6.45, 7) is 12.7. The van der Waals surface area contributed by atoms with Gasteiger partial charge in [0.1, 0.15) is 11.6 Å². The minimum absolute atomic E-state index is 0.0461. The van der Waals surface area contributed by atoms with Gasteiger partial charge in [-0.25, -0.2) is 4.98 Å². The molecule has 0 saturated carbocycles. The van der Waals surface area contributed by atoms with Crippen LogP contribution in [0.15, 0.2) is 54.9 Å². The summed E-state index contributed by atoms with van der Waals surface area (Å²) < 4.78 is 0. The molecule has 210 valence electrons. The number of H-pyrrole nitrogens is 1. The molecule has 2 aliphatic rings. The van der Waals surface area contributed by atoms with Crippen LogP contribution in [0.2, 0.25) is 0 Å². The fourth-order valence-electron chi connectivity index (χ4n) is 6.23. The molecule has 2 aliphatic heterocycles. The topological polar surface area (TPSA) is 95.4 Å². The van der Waals surface area contributed by atoms with Crippen LogP contribution in [0, 0.1) is 25.2 Å². The summed E-state index contributed by atoms with van der Waals surface area (Å²) in [6, 6.07) is 16.4. The molecule has 2 aromatic carbocycles. The highest BCUT2D eigenvalue weighted by molar-refractivity contribution is 5.96. The molecule has 2 fully saturated rings. The lowest BCUT2D eigenvalue weighted by molar-refractivity contribution is 0.0673. The number of fused-ring (bicyclic) bond motifs is 1. The number of aryl methyl sites for hydroxylation is 2. The van der Waals surface area contributed by atoms with E-state index < -0.39 is 0 Å². The summed E-state index contributed by atoms with van der Waals surface area (Å²) in [6.07, 6.45) is 3.63. The summed E-state index contributed by atoms with van der Waals surface area (Å²) >= 11 is 0. The molecule has 0 unspecified atom stereocenters. The number of rotatable bonds is 5. The van der Waals surface area contributed by atoms with Crippen molar-refractivity contribution in [2.24, 2.45) is 0 Å². The van der Waals surface area contributed by atoms with E-state index in [2.05, 4.69) is 61.9 Å². The Balaban J connectivity index is 1.13. The Kier molecular flexibility index (Phi) is 7.33. The Morgan fingerprint density at radius 1 is 1.02 bits per heavy atom. The number of nitrogens with zero attached hydrogens (tertiary/aromatic N) is 7. The molecule has 4 heterocycles. The van der Waals surface area contributed by atoms with Gasteiger partial charge in [0.2, 0.25) is 0 Å². The maximum atomic E-state index is 13.9. The third kappa shape index (κ3) is 5.23. The highest BCUT2D eigenvalue weighted by atomic mass is 16.2. The van der Waals surface area contributed by atoms with Gasteiger partial charge in [-0.15, -0.1) is 0 Å². The molecular formula is C32H36N8O. The van der Waals surface area contributed by atoms with Crippen molar-refractivity contribution in [2.45, 2.75) is 33.4 Å². The van der Waals surface area contributed by atoms with Crippen LogP contribution >= 0.6 is 0 Å². The summed E-state index contributed by atoms with van der Waals surface area (Å²) in [7, 11) is 0. The minimum Gasteiger partial charge on any atom is -0.368 e. The van der Waals surface area contributed by atoms with Crippen molar-refractivity contribution >= 4 is 28.3 Å². The number of amides is 1. The van der Waals surface area contributed by atoms with Gasteiger partial charge < -0.3 is 14.7 Å². The number of nitrogens with one attached hydrogen (secondary N) is 1. The molecule has 0 spiro atoms. The van der Waals surface area contributed by atoms with Gasteiger partial charge in [0, 0.05) is 75.5 Å². The first kappa shape index (κ1) is 26.8. The molecule has 1 N–H and O–H groups in total. The van der Waals surface area contributed by atoms with Crippen molar-refractivity contribution in [3.05, 3.63) is 82.7 Å². The fraction of sp³-hybridized carbons (Fsp3) is 0.375. The number of aromatic amines is 1. The molecule has 0 aliphatic carbocycles. The van der Waals surface area contributed by atoms with Crippen molar-refractivity contribution in [1.82, 2.24) is 25.0 Å². The van der Waals surface area contributed by atoms with Crippen LogP contribution in [-0.2, 0) is 6.54 Å². The monoisotopic (exact) mass is 548 g/mol. The third-order valence-electron chi connectivity index (χ3n) is 8.58. The van der Waals surface area contributed by atoms with Gasteiger partial charge >= 0.3 is 0 Å². The first-order valence-corrected chi connectivity index (χ1v) is 14.3. The SMILES string of the molecule is Cc1cc(C)c(C(=O)N2CCN(c3nccc4cn[nH]c34)C[C@@H]2C)cc1CN1CCN(c2ccccc2C#N)CC1. The molecule has 6 rings (SSSR count). The summed E-state index contributed by atoms with van der Waals surface area (Å²) in [5.41, 5.74) is 6.91. The van der Waals surface area contributed by atoms with Crippen molar-refractivity contribution in [1.29, 1.82) is 5.26 Å². The van der Waals surface area contributed by atoms with E-state index in [1.165, 1.54) is 11.1 Å². The Labute approximate surface area is 241 Å². The van der Waals surface area contributed by atoms with Crippen molar-refractivity contribution in [3.63, 3.8) is 0 Å². The minimum atomic E-state index is 0.0461. The molecule has 2 aromatic heterocycles. The number of anilines is 2. The molecule has 4 aromatic rings. The molecule has 41 heavy (non-hydrogen) atoms. The zero-order valence-corrected chi connectivity index (χ0v) is 24.0. The average molecular weight is 549 g/mol. The number of hydrogen-bond acceptors (Lipinski definition) is 7. The molecule has 9 nitrogen and oxygen atoms in total. The van der Waals surface area contributed by atoms with Gasteiger partial charge in [0.05, 0.1) is 17.4 Å². The second kappa shape index (κ2) is 11.2. The molecule has 1 atom stereocenters. The standard InChI is InChI=1S/C32H36N8O/c1-22-16-23(2)28(17-27(22)21-37-10-12-38(13-11-37)29-7-5-4-6-25(29)18-33)32(41)40-15-14-39(20-24(40)3)31-30-26(8-9-34-31)19-35-36-30/h4-9,16-17,19,24H,10-15,20-21H2,1-3H3,(H,35,36)/t24-/m0/s1. The van der Waals surface area contributed by atoms with E-state index in [9.17, 15) is 10.1 Å². The van der Waals surface area contributed by atoms with Crippen LogP contribution in [0.1, 0.15) is 39.5 Å². The van der Waals surface area contributed by atoms with Gasteiger partial charge in [-0.2, -0.15) is 10.4 Å². The number of nitriles is 1. The maximum absolute atomic E-state index is 13.9. The van der Waals surface area contributed by atoms with E-state index in [-0.39, 0.29) is 11.9 Å². The predicted octanol–water partition coefficient (Wildman–Crippen LogP) is 4.12. The molecule has 2 saturated heterocycles. The van der Waals surface area contributed by atoms with E-state index >= 15 is 0 Å². The smallest absolute Gasteiger partial charge is 0.254 e. The summed E-state index contributed by atoms with van der Waals surface area (Å²) in [5.74, 6) is 0.991. The first-order valence-electron chi connectivity index (χ1n) is 14.3. The predicted molar refractivity (Wildman–Crippen MR) is 161 cm³/mol. The fourth-order valence-corrected chi connectivity index (χ4v) is 6.23. The lowest BCUT2D eigenvalue weighted by atomic mass is 9.97. The molecule has 0 bridgehead atoms. The number of carbonyl (C=O) groups is 1. The number of piperazine rings is 2. The quantitative estimate of drug-likeness (QED) is 0.401. The molecule has 0 radical (unpaired) electrons. The van der Waals surface area contributed by atoms with Gasteiger partial charge in [0.15, 0.2) is 5.82 Å². The van der Waals surface area contributed by atoms with Gasteiger partial charge in [-0.3, -0.25) is 14.8 Å². The number of pyridine rings is 1. The summed E-state index contributed by atoms with van der Waals surface area (Å²) in [4.78, 5) is 27.5. The summed E-state index contributed by atoms with van der Waals surface area (Å²) in [5, 5.41) is 17.8. The largest absolute Gasteiger partial charge is 0.368 e. The Hall–Kier alpha value is -4.42. The number of benzene rings is 2. The average Bonchev–Trinajstić information content (AvgIpc) is 3.48. The van der Waals surface area contributed by atoms with Crippen molar-refractivity contribution in [3.8, 4) is 6.07 Å². The zero-order chi connectivity index (χ0) is 28.5. The van der Waals surface area contributed by atoms with Crippen molar-refractivity contribution in [2.75, 3.05) is 55.6 Å². The second-order valence-corrected chi connectivity index (χ2v) is 11.2. The van der Waals surface area contributed by atoms with Crippen LogP contribution < -0.4 is 9.80 Å². The van der Waals surface area contributed by atoms with Crippen LogP contribution in [0.25, 0.3) is 10.9 Å². The van der Waals surface area contributed by atoms with Crippen LogP contribution in [0.5, 0.6) is 0 Å². The van der Waals surface area contributed by atoms with Gasteiger partial charge in [-0.05, 0) is 61.7 Å². The Morgan fingerprint density at radius 2 is 1.80 bits per heavy atom.